The summed E-state index contributed by atoms with van der Waals surface area (Å²) in [6, 6.07) is 0. The van der Waals surface area contributed by atoms with Crippen molar-refractivity contribution in [3.8, 4) is 0 Å². The zero-order valence-electron chi connectivity index (χ0n) is 8.55. The third-order valence-electron chi connectivity index (χ3n) is 4.56. The molecule has 0 N–H and O–H groups in total. The summed E-state index contributed by atoms with van der Waals surface area (Å²) >= 11 is 0. The summed E-state index contributed by atoms with van der Waals surface area (Å²) in [6.07, 6.45) is 6.02. The van der Waals surface area contributed by atoms with Gasteiger partial charge >= 0.3 is 0 Å². The second-order valence-corrected chi connectivity index (χ2v) is 6.07. The zero-order valence-corrected chi connectivity index (χ0v) is 8.55. The van der Waals surface area contributed by atoms with Gasteiger partial charge in [-0.2, -0.15) is 0 Å². The lowest BCUT2D eigenvalue weighted by atomic mass is 9.55. The van der Waals surface area contributed by atoms with E-state index in [9.17, 15) is 5.21 Å². The van der Waals surface area contributed by atoms with E-state index in [1.165, 1.54) is 11.5 Å². The molecule has 2 saturated carbocycles. The van der Waals surface area contributed by atoms with Gasteiger partial charge in [0, 0.05) is 11.1 Å². The van der Waals surface area contributed by atoms with E-state index in [1.807, 2.05) is 0 Å². The third kappa shape index (κ3) is 0.909. The smallest absolute Gasteiger partial charge is 0.0477 e. The summed E-state index contributed by atoms with van der Waals surface area (Å²) in [4.78, 5) is 0. The van der Waals surface area contributed by atoms with Crippen LogP contribution in [0.5, 0.6) is 0 Å². The Hall–Kier alpha value is -0.0800. The predicted molar refractivity (Wildman–Crippen MR) is 49.4 cm³/mol. The minimum atomic E-state index is -0.00116. The monoisotopic (exact) mass is 180 g/mol. The molecule has 2 aliphatic carbocycles. The van der Waals surface area contributed by atoms with Gasteiger partial charge in [-0.05, 0) is 57.8 Å². The molecule has 73 valence electrons. The standard InChI is InChI=1S/C11H18NO/c1-10-4-8-3-9(5-10)7-11(2,6-8)12(10)13/h8-9H,3-7H2,1-2H3. The van der Waals surface area contributed by atoms with Gasteiger partial charge in [-0.1, -0.05) is 0 Å². The van der Waals surface area contributed by atoms with Crippen LogP contribution in [0, 0.1) is 11.8 Å². The number of hydrogen-bond donors (Lipinski definition) is 0. The molecule has 2 saturated heterocycles. The summed E-state index contributed by atoms with van der Waals surface area (Å²) in [5.74, 6) is 1.71. The Morgan fingerprint density at radius 3 is 1.77 bits per heavy atom. The number of piperidine rings is 2. The average molecular weight is 180 g/mol. The summed E-state index contributed by atoms with van der Waals surface area (Å²) < 4.78 is 0. The van der Waals surface area contributed by atoms with Crippen LogP contribution in [0.25, 0.3) is 0 Å². The van der Waals surface area contributed by atoms with E-state index in [4.69, 9.17) is 0 Å². The van der Waals surface area contributed by atoms with Crippen LogP contribution in [-0.2, 0) is 5.21 Å². The van der Waals surface area contributed by atoms with Crippen molar-refractivity contribution in [2.45, 2.75) is 57.0 Å². The maximum atomic E-state index is 12.1. The number of hydrogen-bond acceptors (Lipinski definition) is 1. The molecule has 2 heteroatoms. The Balaban J connectivity index is 2.03. The second-order valence-electron chi connectivity index (χ2n) is 6.07. The molecular weight excluding hydrogens is 162 g/mol. The second kappa shape index (κ2) is 2.12. The molecule has 0 atom stereocenters. The Labute approximate surface area is 79.9 Å². The van der Waals surface area contributed by atoms with Crippen LogP contribution in [0.15, 0.2) is 0 Å². The number of nitrogens with zero attached hydrogens (tertiary/aromatic N) is 1. The topological polar surface area (TPSA) is 23.1 Å². The van der Waals surface area contributed by atoms with Crippen LogP contribution in [0.1, 0.15) is 46.0 Å². The fraction of sp³-hybridized carbons (Fsp3) is 1.00. The highest BCUT2D eigenvalue weighted by atomic mass is 16.5. The first kappa shape index (κ1) is 8.25. The van der Waals surface area contributed by atoms with E-state index in [0.29, 0.717) is 0 Å². The molecule has 4 fully saturated rings. The summed E-state index contributed by atoms with van der Waals surface area (Å²) in [7, 11) is 0. The van der Waals surface area contributed by atoms with Crippen molar-refractivity contribution in [3.05, 3.63) is 0 Å². The molecule has 4 aliphatic rings. The van der Waals surface area contributed by atoms with E-state index in [0.717, 1.165) is 37.5 Å². The molecule has 0 aromatic carbocycles. The fourth-order valence-corrected chi connectivity index (χ4v) is 4.59. The minimum absolute atomic E-state index is 0.00116. The van der Waals surface area contributed by atoms with Gasteiger partial charge in [0.25, 0.3) is 0 Å². The first-order valence-corrected chi connectivity index (χ1v) is 5.49. The zero-order chi connectivity index (χ0) is 9.27. The van der Waals surface area contributed by atoms with Crippen LogP contribution >= 0.6 is 0 Å². The molecule has 2 nitrogen and oxygen atoms in total. The minimum Gasteiger partial charge on any atom is -0.143 e. The summed E-state index contributed by atoms with van der Waals surface area (Å²) in [6.45, 7) is 4.35. The first-order chi connectivity index (χ1) is 6.02. The highest BCUT2D eigenvalue weighted by molar-refractivity contribution is 5.10. The van der Waals surface area contributed by atoms with Gasteiger partial charge in [0.1, 0.15) is 0 Å². The lowest BCUT2D eigenvalue weighted by Gasteiger charge is -2.63. The maximum Gasteiger partial charge on any atom is 0.0477 e. The van der Waals surface area contributed by atoms with Crippen molar-refractivity contribution in [1.29, 1.82) is 0 Å². The van der Waals surface area contributed by atoms with E-state index in [-0.39, 0.29) is 11.1 Å². The Kier molecular flexibility index (Phi) is 1.34. The van der Waals surface area contributed by atoms with Crippen LogP contribution in [0.2, 0.25) is 0 Å². The molecule has 13 heavy (non-hydrogen) atoms. The number of rotatable bonds is 0. The van der Waals surface area contributed by atoms with Gasteiger partial charge in [0.05, 0.1) is 0 Å². The molecule has 0 unspecified atom stereocenters. The van der Waals surface area contributed by atoms with Gasteiger partial charge < -0.3 is 0 Å². The van der Waals surface area contributed by atoms with Gasteiger partial charge in [-0.15, -0.1) is 10.3 Å². The highest BCUT2D eigenvalue weighted by Crippen LogP contribution is 2.58. The normalized spacial score (nSPS) is 60.2. The summed E-state index contributed by atoms with van der Waals surface area (Å²) in [5, 5.41) is 13.6. The van der Waals surface area contributed by atoms with Crippen molar-refractivity contribution in [3.63, 3.8) is 0 Å². The average Bonchev–Trinajstić information content (AvgIpc) is 1.97. The van der Waals surface area contributed by atoms with Crippen molar-refractivity contribution >= 4 is 0 Å². The van der Waals surface area contributed by atoms with Crippen molar-refractivity contribution in [2.24, 2.45) is 11.8 Å². The van der Waals surface area contributed by atoms with Crippen LogP contribution in [0.4, 0.5) is 0 Å². The Bertz CT molecular complexity index is 214. The molecule has 2 aliphatic heterocycles. The van der Waals surface area contributed by atoms with E-state index >= 15 is 0 Å². The lowest BCUT2D eigenvalue weighted by molar-refractivity contribution is -0.340. The fourth-order valence-electron chi connectivity index (χ4n) is 4.59. The largest absolute Gasteiger partial charge is 0.143 e. The molecule has 2 heterocycles. The molecule has 4 bridgehead atoms. The molecule has 0 amide bonds. The van der Waals surface area contributed by atoms with Gasteiger partial charge in [0.2, 0.25) is 0 Å². The molecule has 0 aromatic heterocycles. The Morgan fingerprint density at radius 2 is 1.38 bits per heavy atom. The van der Waals surface area contributed by atoms with Gasteiger partial charge in [0.15, 0.2) is 0 Å². The van der Waals surface area contributed by atoms with E-state index in [2.05, 4.69) is 13.8 Å². The van der Waals surface area contributed by atoms with Crippen LogP contribution < -0.4 is 0 Å². The summed E-state index contributed by atoms with van der Waals surface area (Å²) in [5.41, 5.74) is -0.00231. The predicted octanol–water partition coefficient (Wildman–Crippen LogP) is 2.38. The molecule has 1 radical (unpaired) electrons. The quantitative estimate of drug-likeness (QED) is 0.561. The van der Waals surface area contributed by atoms with Gasteiger partial charge in [-0.3, -0.25) is 0 Å². The maximum absolute atomic E-state index is 12.1. The van der Waals surface area contributed by atoms with Crippen molar-refractivity contribution < 1.29 is 5.21 Å². The Morgan fingerprint density at radius 1 is 1.00 bits per heavy atom. The number of hydroxylamine groups is 2. The highest BCUT2D eigenvalue weighted by Gasteiger charge is 2.59. The molecule has 0 spiro atoms. The van der Waals surface area contributed by atoms with Crippen LogP contribution in [0.3, 0.4) is 0 Å². The van der Waals surface area contributed by atoms with E-state index < -0.39 is 0 Å². The van der Waals surface area contributed by atoms with Crippen LogP contribution in [-0.4, -0.2) is 16.1 Å². The first-order valence-electron chi connectivity index (χ1n) is 5.49. The molecular formula is C11H18NO. The lowest BCUT2D eigenvalue weighted by Crippen LogP contribution is -2.68. The SMILES string of the molecule is CC12CC3CC(C1)CC(C)(C3)N2[O]. The molecule has 4 rings (SSSR count). The van der Waals surface area contributed by atoms with Crippen molar-refractivity contribution in [2.75, 3.05) is 0 Å². The van der Waals surface area contributed by atoms with E-state index in [1.54, 1.807) is 0 Å². The third-order valence-corrected chi connectivity index (χ3v) is 4.56. The molecule has 0 aromatic rings. The van der Waals surface area contributed by atoms with Gasteiger partial charge in [-0.25, -0.2) is 0 Å². The van der Waals surface area contributed by atoms with Crippen molar-refractivity contribution in [1.82, 2.24) is 5.06 Å².